The first-order valence-electron chi connectivity index (χ1n) is 6.99. The van der Waals surface area contributed by atoms with E-state index in [0.717, 1.165) is 17.7 Å². The summed E-state index contributed by atoms with van der Waals surface area (Å²) in [6.45, 7) is -0.191. The van der Waals surface area contributed by atoms with Crippen molar-refractivity contribution in [2.45, 2.75) is 18.9 Å². The van der Waals surface area contributed by atoms with Crippen molar-refractivity contribution in [1.82, 2.24) is 9.80 Å². The first-order chi connectivity index (χ1) is 10.5. The second-order valence-electron chi connectivity index (χ2n) is 5.39. The van der Waals surface area contributed by atoms with E-state index in [1.807, 2.05) is 0 Å². The topological polar surface area (TPSA) is 66.9 Å². The minimum absolute atomic E-state index is 0.0696. The molecule has 1 aromatic rings. The summed E-state index contributed by atoms with van der Waals surface area (Å²) in [7, 11) is 1.48. The van der Waals surface area contributed by atoms with Gasteiger partial charge in [0, 0.05) is 11.6 Å². The van der Waals surface area contributed by atoms with E-state index >= 15 is 0 Å². The van der Waals surface area contributed by atoms with Crippen LogP contribution in [-0.4, -0.2) is 53.8 Å². The van der Waals surface area contributed by atoms with E-state index in [2.05, 4.69) is 0 Å². The van der Waals surface area contributed by atoms with Crippen LogP contribution in [-0.2, 0) is 4.79 Å². The number of urea groups is 1. The van der Waals surface area contributed by atoms with Gasteiger partial charge in [-0.25, -0.2) is 4.79 Å². The van der Waals surface area contributed by atoms with E-state index in [1.165, 1.54) is 18.1 Å². The maximum absolute atomic E-state index is 12.3. The molecule has 3 rings (SSSR count). The number of hydrogen-bond acceptors (Lipinski definition) is 4. The zero-order valence-electron chi connectivity index (χ0n) is 12.0. The Balaban J connectivity index is 1.72. The fourth-order valence-electron chi connectivity index (χ4n) is 2.46. The van der Waals surface area contributed by atoms with E-state index < -0.39 is 0 Å². The number of nitrogens with zero attached hydrogens (tertiary/aromatic N) is 2. The number of ether oxygens (including phenoxy) is 1. The van der Waals surface area contributed by atoms with Crippen molar-refractivity contribution in [3.63, 3.8) is 0 Å². The van der Waals surface area contributed by atoms with Gasteiger partial charge in [-0.2, -0.15) is 0 Å². The number of rotatable bonds is 5. The monoisotopic (exact) mass is 322 g/mol. The zero-order chi connectivity index (χ0) is 15.9. The lowest BCUT2D eigenvalue weighted by molar-refractivity contribution is -0.125. The Bertz CT molecular complexity index is 657. The standard InChI is InChI=1S/C15H15ClN2O4/c1-22-13-5-2-9(6-11(13)16)12(19)7-18-14(20)8-17(15(18)21)10-3-4-10/h2,5-6,10H,3-4,7-8H2,1H3. The number of ketones is 1. The molecule has 1 aromatic carbocycles. The maximum Gasteiger partial charge on any atom is 0.327 e. The van der Waals surface area contributed by atoms with Crippen molar-refractivity contribution in [2.24, 2.45) is 0 Å². The number of benzene rings is 1. The highest BCUT2D eigenvalue weighted by molar-refractivity contribution is 6.32. The van der Waals surface area contributed by atoms with Crippen LogP contribution in [0.2, 0.25) is 5.02 Å². The molecule has 0 bridgehead atoms. The zero-order valence-corrected chi connectivity index (χ0v) is 12.8. The largest absolute Gasteiger partial charge is 0.495 e. The van der Waals surface area contributed by atoms with Crippen LogP contribution in [0.3, 0.4) is 0 Å². The molecule has 1 saturated heterocycles. The molecule has 0 spiro atoms. The minimum atomic E-state index is -0.375. The normalized spacial score (nSPS) is 18.1. The summed E-state index contributed by atoms with van der Waals surface area (Å²) in [4.78, 5) is 38.9. The second-order valence-corrected chi connectivity index (χ2v) is 5.80. The molecule has 1 heterocycles. The molecule has 0 N–H and O–H groups in total. The van der Waals surface area contributed by atoms with Crippen LogP contribution in [0.4, 0.5) is 4.79 Å². The minimum Gasteiger partial charge on any atom is -0.495 e. The first kappa shape index (κ1) is 14.8. The third kappa shape index (κ3) is 2.66. The van der Waals surface area contributed by atoms with Crippen molar-refractivity contribution in [2.75, 3.05) is 20.2 Å². The van der Waals surface area contributed by atoms with Crippen LogP contribution in [0.5, 0.6) is 5.75 Å². The van der Waals surface area contributed by atoms with E-state index in [1.54, 1.807) is 12.1 Å². The van der Waals surface area contributed by atoms with Crippen molar-refractivity contribution >= 4 is 29.3 Å². The Morgan fingerprint density at radius 2 is 2.09 bits per heavy atom. The maximum atomic E-state index is 12.3. The third-order valence-corrected chi connectivity index (χ3v) is 4.14. The fraction of sp³-hybridized carbons (Fsp3) is 0.400. The average Bonchev–Trinajstić information content (AvgIpc) is 3.29. The van der Waals surface area contributed by atoms with Gasteiger partial charge in [0.1, 0.15) is 12.3 Å². The summed E-state index contributed by atoms with van der Waals surface area (Å²) >= 11 is 5.99. The number of imide groups is 1. The third-order valence-electron chi connectivity index (χ3n) is 3.85. The fourth-order valence-corrected chi connectivity index (χ4v) is 2.72. The number of Topliss-reactive ketones (excluding diaryl/α,β-unsaturated/α-hetero) is 1. The molecule has 116 valence electrons. The van der Waals surface area contributed by atoms with Crippen LogP contribution < -0.4 is 4.74 Å². The van der Waals surface area contributed by atoms with Gasteiger partial charge in [0.05, 0.1) is 18.7 Å². The van der Waals surface area contributed by atoms with Crippen LogP contribution in [0.1, 0.15) is 23.2 Å². The molecule has 0 radical (unpaired) electrons. The molecular formula is C15H15ClN2O4. The van der Waals surface area contributed by atoms with Crippen molar-refractivity contribution in [1.29, 1.82) is 0 Å². The van der Waals surface area contributed by atoms with Gasteiger partial charge in [-0.3, -0.25) is 14.5 Å². The Kier molecular flexibility index (Phi) is 3.78. The molecular weight excluding hydrogens is 308 g/mol. The molecule has 0 aromatic heterocycles. The Hall–Kier alpha value is -2.08. The molecule has 0 unspecified atom stereocenters. The molecule has 3 amide bonds. The number of carbonyl (C=O) groups excluding carboxylic acids is 3. The average molecular weight is 323 g/mol. The van der Waals surface area contributed by atoms with Gasteiger partial charge in [-0.05, 0) is 31.0 Å². The predicted molar refractivity (Wildman–Crippen MR) is 79.2 cm³/mol. The van der Waals surface area contributed by atoms with Gasteiger partial charge in [0.25, 0.3) is 5.91 Å². The van der Waals surface area contributed by atoms with Gasteiger partial charge in [0.15, 0.2) is 5.78 Å². The van der Waals surface area contributed by atoms with Crippen molar-refractivity contribution < 1.29 is 19.1 Å². The van der Waals surface area contributed by atoms with Crippen LogP contribution in [0.15, 0.2) is 18.2 Å². The highest BCUT2D eigenvalue weighted by atomic mass is 35.5. The summed E-state index contributed by atoms with van der Waals surface area (Å²) < 4.78 is 5.03. The van der Waals surface area contributed by atoms with Crippen molar-refractivity contribution in [3.05, 3.63) is 28.8 Å². The molecule has 2 fully saturated rings. The lowest BCUT2D eigenvalue weighted by atomic mass is 10.1. The SMILES string of the molecule is COc1ccc(C(=O)CN2C(=O)CN(C3CC3)C2=O)cc1Cl. The quantitative estimate of drug-likeness (QED) is 0.614. The molecule has 1 saturated carbocycles. The summed E-state index contributed by atoms with van der Waals surface area (Å²) in [5.41, 5.74) is 0.344. The van der Waals surface area contributed by atoms with Crippen molar-refractivity contribution in [3.8, 4) is 5.75 Å². The summed E-state index contributed by atoms with van der Waals surface area (Å²) in [5, 5.41) is 0.312. The van der Waals surface area contributed by atoms with E-state index in [4.69, 9.17) is 16.3 Å². The molecule has 1 aliphatic heterocycles. The van der Waals surface area contributed by atoms with E-state index in [0.29, 0.717) is 16.3 Å². The van der Waals surface area contributed by atoms with Gasteiger partial charge in [0.2, 0.25) is 0 Å². The lowest BCUT2D eigenvalue weighted by Gasteiger charge is -2.16. The lowest BCUT2D eigenvalue weighted by Crippen LogP contribution is -2.37. The van der Waals surface area contributed by atoms with Crippen LogP contribution >= 0.6 is 11.6 Å². The number of halogens is 1. The molecule has 2 aliphatic rings. The van der Waals surface area contributed by atoms with Gasteiger partial charge in [-0.1, -0.05) is 11.6 Å². The van der Waals surface area contributed by atoms with Crippen LogP contribution in [0, 0.1) is 0 Å². The van der Waals surface area contributed by atoms with Crippen LogP contribution in [0.25, 0.3) is 0 Å². The summed E-state index contributed by atoms with van der Waals surface area (Å²) in [6.07, 6.45) is 1.85. The van der Waals surface area contributed by atoms with Gasteiger partial charge < -0.3 is 9.64 Å². The smallest absolute Gasteiger partial charge is 0.327 e. The molecule has 7 heteroatoms. The number of methoxy groups -OCH3 is 1. The number of amides is 3. The van der Waals surface area contributed by atoms with Gasteiger partial charge in [-0.15, -0.1) is 0 Å². The molecule has 1 aliphatic carbocycles. The molecule has 6 nitrogen and oxygen atoms in total. The first-order valence-corrected chi connectivity index (χ1v) is 7.36. The van der Waals surface area contributed by atoms with Gasteiger partial charge >= 0.3 is 6.03 Å². The summed E-state index contributed by atoms with van der Waals surface area (Å²) in [6, 6.07) is 4.41. The molecule has 22 heavy (non-hydrogen) atoms. The molecule has 0 atom stereocenters. The predicted octanol–water partition coefficient (Wildman–Crippen LogP) is 1.96. The number of hydrogen-bond donors (Lipinski definition) is 0. The Labute approximate surface area is 132 Å². The Morgan fingerprint density at radius 1 is 1.36 bits per heavy atom. The highest BCUT2D eigenvalue weighted by Crippen LogP contribution is 2.30. The highest BCUT2D eigenvalue weighted by Gasteiger charge is 2.44. The van der Waals surface area contributed by atoms with E-state index in [9.17, 15) is 14.4 Å². The second kappa shape index (κ2) is 5.61. The van der Waals surface area contributed by atoms with E-state index in [-0.39, 0.29) is 36.9 Å². The number of carbonyl (C=O) groups is 3. The summed E-state index contributed by atoms with van der Waals surface area (Å²) in [5.74, 6) is -0.194. The Morgan fingerprint density at radius 3 is 2.68 bits per heavy atom.